The molecule has 21 heavy (non-hydrogen) atoms. The summed E-state index contributed by atoms with van der Waals surface area (Å²) in [5.41, 5.74) is 7.47. The Kier molecular flexibility index (Phi) is 6.23. The molecule has 4 heteroatoms. The van der Waals surface area contributed by atoms with Crippen molar-refractivity contribution < 1.29 is 9.47 Å². The van der Waals surface area contributed by atoms with Gasteiger partial charge in [0.25, 0.3) is 0 Å². The van der Waals surface area contributed by atoms with Crippen molar-refractivity contribution in [3.8, 4) is 0 Å². The summed E-state index contributed by atoms with van der Waals surface area (Å²) in [7, 11) is 0. The largest absolute Gasteiger partial charge is 0.375 e. The zero-order chi connectivity index (χ0) is 15.4. The molecule has 1 aliphatic heterocycles. The normalized spacial score (nSPS) is 29.1. The molecule has 0 bridgehead atoms. The predicted molar refractivity (Wildman–Crippen MR) is 89.3 cm³/mol. The summed E-state index contributed by atoms with van der Waals surface area (Å²) in [4.78, 5) is 0. The Morgan fingerprint density at radius 3 is 2.48 bits per heavy atom. The van der Waals surface area contributed by atoms with Crippen LogP contribution in [-0.2, 0) is 9.47 Å². The van der Waals surface area contributed by atoms with Gasteiger partial charge in [-0.1, -0.05) is 41.1 Å². The molecule has 0 aliphatic carbocycles. The third-order valence-corrected chi connectivity index (χ3v) is 4.79. The van der Waals surface area contributed by atoms with E-state index in [9.17, 15) is 0 Å². The van der Waals surface area contributed by atoms with Gasteiger partial charge in [-0.25, -0.2) is 0 Å². The molecule has 1 aliphatic rings. The molecule has 0 radical (unpaired) electrons. The zero-order valence-electron chi connectivity index (χ0n) is 13.1. The molecule has 1 aromatic rings. The smallest absolute Gasteiger partial charge is 0.0990 e. The molecular weight excluding hydrogens is 330 g/mol. The van der Waals surface area contributed by atoms with E-state index in [1.807, 2.05) is 18.2 Å². The first-order chi connectivity index (χ1) is 10.0. The molecule has 1 fully saturated rings. The highest BCUT2D eigenvalue weighted by atomic mass is 79.9. The monoisotopic (exact) mass is 355 g/mol. The number of nitrogens with two attached hydrogens (primary N) is 1. The summed E-state index contributed by atoms with van der Waals surface area (Å²) < 4.78 is 13.3. The molecule has 2 N–H and O–H groups in total. The summed E-state index contributed by atoms with van der Waals surface area (Å²) >= 11 is 3.62. The molecule has 0 spiro atoms. The van der Waals surface area contributed by atoms with Gasteiger partial charge in [-0.15, -0.1) is 0 Å². The number of rotatable bonds is 5. The van der Waals surface area contributed by atoms with Crippen LogP contribution in [0.3, 0.4) is 0 Å². The van der Waals surface area contributed by atoms with Crippen LogP contribution in [0.25, 0.3) is 0 Å². The molecule has 1 saturated heterocycles. The topological polar surface area (TPSA) is 44.5 Å². The minimum Gasteiger partial charge on any atom is -0.375 e. The third-order valence-electron chi connectivity index (χ3n) is 4.07. The van der Waals surface area contributed by atoms with E-state index >= 15 is 0 Å². The van der Waals surface area contributed by atoms with Crippen LogP contribution in [0.4, 0.5) is 0 Å². The maximum Gasteiger partial charge on any atom is 0.0990 e. The number of hydrogen-bond acceptors (Lipinski definition) is 3. The van der Waals surface area contributed by atoms with Gasteiger partial charge in [0.15, 0.2) is 0 Å². The van der Waals surface area contributed by atoms with Crippen LogP contribution >= 0.6 is 15.9 Å². The zero-order valence-corrected chi connectivity index (χ0v) is 14.7. The van der Waals surface area contributed by atoms with Crippen LogP contribution in [0.2, 0.25) is 0 Å². The Morgan fingerprint density at radius 2 is 1.90 bits per heavy atom. The number of ether oxygens (including phenoxy) is 2. The summed E-state index contributed by atoms with van der Waals surface area (Å²) in [6.45, 7) is 6.32. The van der Waals surface area contributed by atoms with Gasteiger partial charge in [-0.3, -0.25) is 0 Å². The van der Waals surface area contributed by atoms with E-state index in [2.05, 4.69) is 42.8 Å². The first-order valence-electron chi connectivity index (χ1n) is 7.82. The first kappa shape index (κ1) is 16.9. The van der Waals surface area contributed by atoms with E-state index < -0.39 is 0 Å². The molecule has 0 amide bonds. The van der Waals surface area contributed by atoms with Gasteiger partial charge in [0, 0.05) is 10.5 Å². The Bertz CT molecular complexity index is 444. The Balaban J connectivity index is 2.15. The molecule has 4 unspecified atom stereocenters. The lowest BCUT2D eigenvalue weighted by molar-refractivity contribution is -0.127. The standard InChI is InChI=1S/C17H26BrNO2/c1-4-16(19)17(14-7-5-6-8-15(14)18)21-13-9-11(2)20-12(3)10-13/h5-8,11-13,16-17H,4,9-10,19H2,1-3H3. The molecular formula is C17H26BrNO2. The first-order valence-corrected chi connectivity index (χ1v) is 8.61. The van der Waals surface area contributed by atoms with Gasteiger partial charge in [-0.2, -0.15) is 0 Å². The van der Waals surface area contributed by atoms with Crippen molar-refractivity contribution in [2.24, 2.45) is 5.73 Å². The minimum atomic E-state index is -0.0759. The van der Waals surface area contributed by atoms with Crippen molar-refractivity contribution in [1.82, 2.24) is 0 Å². The SMILES string of the molecule is CCC(N)C(OC1CC(C)OC(C)C1)c1ccccc1Br. The van der Waals surface area contributed by atoms with Crippen molar-refractivity contribution in [3.63, 3.8) is 0 Å². The van der Waals surface area contributed by atoms with Gasteiger partial charge in [-0.05, 0) is 44.7 Å². The van der Waals surface area contributed by atoms with E-state index in [1.54, 1.807) is 0 Å². The predicted octanol–water partition coefficient (Wildman–Crippen LogP) is 4.20. The number of halogens is 1. The van der Waals surface area contributed by atoms with E-state index in [0.29, 0.717) is 0 Å². The van der Waals surface area contributed by atoms with E-state index in [1.165, 1.54) is 0 Å². The van der Waals surface area contributed by atoms with Gasteiger partial charge in [0.05, 0.1) is 24.4 Å². The second-order valence-electron chi connectivity index (χ2n) is 6.00. The number of hydrogen-bond donors (Lipinski definition) is 1. The molecule has 3 nitrogen and oxygen atoms in total. The van der Waals surface area contributed by atoms with Crippen LogP contribution in [0, 0.1) is 0 Å². The van der Waals surface area contributed by atoms with Crippen molar-refractivity contribution in [2.75, 3.05) is 0 Å². The molecule has 2 rings (SSSR count). The summed E-state index contributed by atoms with van der Waals surface area (Å²) in [6, 6.07) is 8.19. The second kappa shape index (κ2) is 7.73. The van der Waals surface area contributed by atoms with Gasteiger partial charge in [0.2, 0.25) is 0 Å². The van der Waals surface area contributed by atoms with Crippen LogP contribution in [0.15, 0.2) is 28.7 Å². The lowest BCUT2D eigenvalue weighted by atomic mass is 9.98. The maximum atomic E-state index is 6.42. The third kappa shape index (κ3) is 4.52. The average Bonchev–Trinajstić information content (AvgIpc) is 2.44. The van der Waals surface area contributed by atoms with Crippen molar-refractivity contribution >= 4 is 15.9 Å². The quantitative estimate of drug-likeness (QED) is 0.860. The van der Waals surface area contributed by atoms with Crippen LogP contribution < -0.4 is 5.73 Å². The molecule has 4 atom stereocenters. The molecule has 1 aromatic carbocycles. The van der Waals surface area contributed by atoms with Crippen LogP contribution in [0.1, 0.15) is 51.7 Å². The van der Waals surface area contributed by atoms with Crippen LogP contribution in [0.5, 0.6) is 0 Å². The highest BCUT2D eigenvalue weighted by Gasteiger charge is 2.30. The van der Waals surface area contributed by atoms with E-state index in [4.69, 9.17) is 15.2 Å². The molecule has 0 aromatic heterocycles. The van der Waals surface area contributed by atoms with Gasteiger partial charge >= 0.3 is 0 Å². The Hall–Kier alpha value is -0.420. The lowest BCUT2D eigenvalue weighted by Gasteiger charge is -2.36. The van der Waals surface area contributed by atoms with Crippen molar-refractivity contribution in [1.29, 1.82) is 0 Å². The minimum absolute atomic E-state index is 0.00263. The lowest BCUT2D eigenvalue weighted by Crippen LogP contribution is -2.38. The van der Waals surface area contributed by atoms with Crippen LogP contribution in [-0.4, -0.2) is 24.4 Å². The summed E-state index contributed by atoms with van der Waals surface area (Å²) in [5, 5.41) is 0. The number of benzene rings is 1. The molecule has 1 heterocycles. The second-order valence-corrected chi connectivity index (χ2v) is 6.86. The fourth-order valence-corrected chi connectivity index (χ4v) is 3.50. The summed E-state index contributed by atoms with van der Waals surface area (Å²) in [6.07, 6.45) is 3.38. The van der Waals surface area contributed by atoms with Gasteiger partial charge in [0.1, 0.15) is 0 Å². The van der Waals surface area contributed by atoms with Crippen molar-refractivity contribution in [2.45, 2.75) is 70.5 Å². The fraction of sp³-hybridized carbons (Fsp3) is 0.647. The van der Waals surface area contributed by atoms with Crippen molar-refractivity contribution in [3.05, 3.63) is 34.3 Å². The average molecular weight is 356 g/mol. The van der Waals surface area contributed by atoms with E-state index in [0.717, 1.165) is 29.3 Å². The Morgan fingerprint density at radius 1 is 1.29 bits per heavy atom. The highest BCUT2D eigenvalue weighted by Crippen LogP contribution is 2.33. The maximum absolute atomic E-state index is 6.42. The Labute approximate surface area is 136 Å². The molecule has 118 valence electrons. The highest BCUT2D eigenvalue weighted by molar-refractivity contribution is 9.10. The molecule has 0 saturated carbocycles. The summed E-state index contributed by atoms with van der Waals surface area (Å²) in [5.74, 6) is 0. The fourth-order valence-electron chi connectivity index (χ4n) is 2.99. The van der Waals surface area contributed by atoms with Gasteiger partial charge < -0.3 is 15.2 Å². The van der Waals surface area contributed by atoms with E-state index in [-0.39, 0.29) is 30.5 Å².